The zero-order chi connectivity index (χ0) is 22.1. The Labute approximate surface area is 208 Å². The SMILES string of the molecule is C=CCNC(=NCc1nnc(C)n1C)NCC(c1ccc(OC)cc1)N1CCCCC1.I. The van der Waals surface area contributed by atoms with Crippen molar-refractivity contribution in [2.45, 2.75) is 38.8 Å². The van der Waals surface area contributed by atoms with Gasteiger partial charge in [0.1, 0.15) is 18.1 Å². The van der Waals surface area contributed by atoms with Crippen LogP contribution in [0.2, 0.25) is 0 Å². The van der Waals surface area contributed by atoms with Crippen LogP contribution in [0.15, 0.2) is 41.9 Å². The molecule has 3 rings (SSSR count). The fraction of sp³-hybridized carbons (Fsp3) is 0.522. The molecule has 0 aliphatic carbocycles. The average Bonchev–Trinajstić information content (AvgIpc) is 3.13. The van der Waals surface area contributed by atoms with Crippen LogP contribution in [-0.2, 0) is 13.6 Å². The molecule has 0 amide bonds. The summed E-state index contributed by atoms with van der Waals surface area (Å²) in [7, 11) is 3.66. The van der Waals surface area contributed by atoms with Gasteiger partial charge in [0.15, 0.2) is 11.8 Å². The molecule has 9 heteroatoms. The summed E-state index contributed by atoms with van der Waals surface area (Å²) in [6, 6.07) is 8.66. The molecule has 1 atom stereocenters. The second kappa shape index (κ2) is 13.4. The maximum atomic E-state index is 5.34. The number of hydrogen-bond donors (Lipinski definition) is 2. The van der Waals surface area contributed by atoms with E-state index in [1.54, 1.807) is 7.11 Å². The van der Waals surface area contributed by atoms with Crippen LogP contribution in [-0.4, -0.2) is 58.9 Å². The summed E-state index contributed by atoms with van der Waals surface area (Å²) in [5.41, 5.74) is 1.28. The maximum Gasteiger partial charge on any atom is 0.192 e. The molecule has 1 aromatic carbocycles. The van der Waals surface area contributed by atoms with Crippen molar-refractivity contribution in [1.29, 1.82) is 0 Å². The molecule has 1 aliphatic rings. The Bertz CT molecular complexity index is 860. The van der Waals surface area contributed by atoms with E-state index in [-0.39, 0.29) is 30.0 Å². The second-order valence-corrected chi connectivity index (χ2v) is 7.82. The molecule has 2 aromatic rings. The summed E-state index contributed by atoms with van der Waals surface area (Å²) < 4.78 is 7.30. The standard InChI is InChI=1S/C23H35N7O.HI/c1-5-13-24-23(26-17-22-28-27-18(2)29(22)3)25-16-21(30-14-7-6-8-15-30)19-9-11-20(31-4)12-10-19;/h5,9-12,21H,1,6-8,13-17H2,2-4H3,(H2,24,25,26);1H. The van der Waals surface area contributed by atoms with Gasteiger partial charge in [-0.25, -0.2) is 4.99 Å². The number of methoxy groups -OCH3 is 1. The molecular formula is C23H36IN7O. The van der Waals surface area contributed by atoms with Gasteiger partial charge >= 0.3 is 0 Å². The summed E-state index contributed by atoms with van der Waals surface area (Å²) in [5, 5.41) is 15.2. The van der Waals surface area contributed by atoms with Gasteiger partial charge in [-0.3, -0.25) is 4.90 Å². The third-order valence-electron chi connectivity index (χ3n) is 5.77. The highest BCUT2D eigenvalue weighted by molar-refractivity contribution is 14.0. The molecule has 2 N–H and O–H groups in total. The zero-order valence-electron chi connectivity index (χ0n) is 19.4. The van der Waals surface area contributed by atoms with Crippen LogP contribution in [0.3, 0.4) is 0 Å². The zero-order valence-corrected chi connectivity index (χ0v) is 21.7. The molecule has 0 spiro atoms. The summed E-state index contributed by atoms with van der Waals surface area (Å²) in [6.07, 6.45) is 5.63. The Morgan fingerprint density at radius 3 is 2.50 bits per heavy atom. The number of aromatic nitrogens is 3. The first-order valence-electron chi connectivity index (χ1n) is 11.0. The van der Waals surface area contributed by atoms with E-state index in [1.807, 2.05) is 36.7 Å². The number of likely N-dealkylation sites (tertiary alicyclic amines) is 1. The van der Waals surface area contributed by atoms with Gasteiger partial charge in [0, 0.05) is 20.1 Å². The minimum absolute atomic E-state index is 0. The average molecular weight is 553 g/mol. The molecule has 0 saturated carbocycles. The van der Waals surface area contributed by atoms with E-state index >= 15 is 0 Å². The number of aliphatic imine (C=N–C) groups is 1. The van der Waals surface area contributed by atoms with E-state index in [0.29, 0.717) is 13.1 Å². The van der Waals surface area contributed by atoms with Crippen LogP contribution in [0, 0.1) is 6.92 Å². The van der Waals surface area contributed by atoms with E-state index < -0.39 is 0 Å². The molecule has 2 heterocycles. The Hall–Kier alpha value is -2.14. The van der Waals surface area contributed by atoms with Crippen LogP contribution >= 0.6 is 24.0 Å². The maximum absolute atomic E-state index is 5.34. The number of nitrogens with one attached hydrogen (secondary N) is 2. The molecule has 176 valence electrons. The Morgan fingerprint density at radius 1 is 1.19 bits per heavy atom. The highest BCUT2D eigenvalue weighted by Gasteiger charge is 2.22. The Morgan fingerprint density at radius 2 is 1.91 bits per heavy atom. The van der Waals surface area contributed by atoms with E-state index in [9.17, 15) is 0 Å². The molecule has 1 aromatic heterocycles. The number of rotatable bonds is 9. The highest BCUT2D eigenvalue weighted by Crippen LogP contribution is 2.25. The normalized spacial score (nSPS) is 15.5. The van der Waals surface area contributed by atoms with Gasteiger partial charge in [0.2, 0.25) is 0 Å². The van der Waals surface area contributed by atoms with Gasteiger partial charge < -0.3 is 19.9 Å². The van der Waals surface area contributed by atoms with Crippen molar-refractivity contribution in [3.05, 3.63) is 54.1 Å². The monoisotopic (exact) mass is 553 g/mol. The van der Waals surface area contributed by atoms with Crippen molar-refractivity contribution >= 4 is 29.9 Å². The lowest BCUT2D eigenvalue weighted by atomic mass is 10.0. The molecule has 1 aliphatic heterocycles. The number of piperidine rings is 1. The van der Waals surface area contributed by atoms with Gasteiger partial charge in [-0.05, 0) is 50.6 Å². The van der Waals surface area contributed by atoms with Gasteiger partial charge in [0.05, 0.1) is 13.2 Å². The molecular weight excluding hydrogens is 517 g/mol. The van der Waals surface area contributed by atoms with Gasteiger partial charge in [-0.2, -0.15) is 0 Å². The summed E-state index contributed by atoms with van der Waals surface area (Å²) in [5.74, 6) is 3.34. The topological polar surface area (TPSA) is 79.6 Å². The second-order valence-electron chi connectivity index (χ2n) is 7.82. The largest absolute Gasteiger partial charge is 0.497 e. The summed E-state index contributed by atoms with van der Waals surface area (Å²) in [4.78, 5) is 7.29. The number of aryl methyl sites for hydroxylation is 1. The molecule has 8 nitrogen and oxygen atoms in total. The quantitative estimate of drug-likeness (QED) is 0.215. The van der Waals surface area contributed by atoms with Crippen LogP contribution in [0.4, 0.5) is 0 Å². The highest BCUT2D eigenvalue weighted by atomic mass is 127. The van der Waals surface area contributed by atoms with Gasteiger partial charge in [0.25, 0.3) is 0 Å². The molecule has 1 saturated heterocycles. The lowest BCUT2D eigenvalue weighted by Gasteiger charge is -2.35. The van der Waals surface area contributed by atoms with Crippen molar-refractivity contribution in [3.8, 4) is 5.75 Å². The Kier molecular flexibility index (Phi) is 10.9. The molecule has 1 fully saturated rings. The predicted octanol–water partition coefficient (Wildman–Crippen LogP) is 3.20. The molecule has 32 heavy (non-hydrogen) atoms. The van der Waals surface area contributed by atoms with Crippen molar-refractivity contribution < 1.29 is 4.74 Å². The summed E-state index contributed by atoms with van der Waals surface area (Å²) >= 11 is 0. The first-order valence-corrected chi connectivity index (χ1v) is 11.0. The molecule has 0 radical (unpaired) electrons. The minimum atomic E-state index is 0. The van der Waals surface area contributed by atoms with Gasteiger partial charge in [-0.1, -0.05) is 24.6 Å². The van der Waals surface area contributed by atoms with Crippen LogP contribution in [0.1, 0.15) is 42.5 Å². The summed E-state index contributed by atoms with van der Waals surface area (Å²) in [6.45, 7) is 9.83. The number of nitrogens with zero attached hydrogens (tertiary/aromatic N) is 5. The van der Waals surface area contributed by atoms with Crippen molar-refractivity contribution in [1.82, 2.24) is 30.3 Å². The predicted molar refractivity (Wildman–Crippen MR) is 140 cm³/mol. The van der Waals surface area contributed by atoms with E-state index in [1.165, 1.54) is 24.8 Å². The lowest BCUT2D eigenvalue weighted by Crippen LogP contribution is -2.44. The lowest BCUT2D eigenvalue weighted by molar-refractivity contribution is 0.164. The van der Waals surface area contributed by atoms with Crippen molar-refractivity contribution in [2.75, 3.05) is 33.3 Å². The third kappa shape index (κ3) is 7.19. The first-order chi connectivity index (χ1) is 15.1. The first kappa shape index (κ1) is 26.1. The third-order valence-corrected chi connectivity index (χ3v) is 5.77. The van der Waals surface area contributed by atoms with Crippen LogP contribution < -0.4 is 15.4 Å². The van der Waals surface area contributed by atoms with Crippen LogP contribution in [0.25, 0.3) is 0 Å². The van der Waals surface area contributed by atoms with Crippen LogP contribution in [0.5, 0.6) is 5.75 Å². The molecule has 0 bridgehead atoms. The number of hydrogen-bond acceptors (Lipinski definition) is 5. The fourth-order valence-corrected chi connectivity index (χ4v) is 3.79. The number of benzene rings is 1. The number of guanidine groups is 1. The van der Waals surface area contributed by atoms with E-state index in [0.717, 1.165) is 43.0 Å². The smallest absolute Gasteiger partial charge is 0.192 e. The van der Waals surface area contributed by atoms with Crippen molar-refractivity contribution in [3.63, 3.8) is 0 Å². The van der Waals surface area contributed by atoms with E-state index in [2.05, 4.69) is 44.4 Å². The number of halogens is 1. The fourth-order valence-electron chi connectivity index (χ4n) is 3.79. The minimum Gasteiger partial charge on any atom is -0.497 e. The molecule has 1 unspecified atom stereocenters. The van der Waals surface area contributed by atoms with E-state index in [4.69, 9.17) is 9.73 Å². The Balaban J connectivity index is 0.00000363. The van der Waals surface area contributed by atoms with Gasteiger partial charge in [-0.15, -0.1) is 40.8 Å². The number of ether oxygens (including phenoxy) is 1. The van der Waals surface area contributed by atoms with Crippen molar-refractivity contribution in [2.24, 2.45) is 12.0 Å².